The maximum Gasteiger partial charge on any atom is 0.230 e. The Morgan fingerprint density at radius 1 is 1.10 bits per heavy atom. The van der Waals surface area contributed by atoms with Crippen LogP contribution in [0.15, 0.2) is 53.0 Å². The normalized spacial score (nSPS) is 19.4. The van der Waals surface area contributed by atoms with E-state index in [2.05, 4.69) is 81.3 Å². The monoisotopic (exact) mass is 469 g/mol. The van der Waals surface area contributed by atoms with Gasteiger partial charge in [-0.15, -0.1) is 0 Å². The molecule has 1 unspecified atom stereocenters. The molecule has 30 heavy (non-hydrogen) atoms. The maximum atomic E-state index is 13.0. The SMILES string of the molecule is Cc1cccc(N2CCN(CCC(C)NC(=O)C3(c4cccc(Br)c4)CC3)CC2)c1. The molecule has 0 radical (unpaired) electrons. The number of aryl methyl sites for hydroxylation is 1. The summed E-state index contributed by atoms with van der Waals surface area (Å²) in [5.74, 6) is 0.192. The first-order valence-electron chi connectivity index (χ1n) is 11.1. The van der Waals surface area contributed by atoms with Gasteiger partial charge in [-0.3, -0.25) is 9.69 Å². The lowest BCUT2D eigenvalue weighted by atomic mass is 9.94. The lowest BCUT2D eigenvalue weighted by Gasteiger charge is -2.36. The Hall–Kier alpha value is -1.85. The summed E-state index contributed by atoms with van der Waals surface area (Å²) in [7, 11) is 0. The van der Waals surface area contributed by atoms with Crippen molar-refractivity contribution in [3.63, 3.8) is 0 Å². The predicted molar refractivity (Wildman–Crippen MR) is 127 cm³/mol. The number of hydrogen-bond acceptors (Lipinski definition) is 3. The number of benzene rings is 2. The number of hydrogen-bond donors (Lipinski definition) is 1. The number of anilines is 1. The van der Waals surface area contributed by atoms with Crippen LogP contribution < -0.4 is 10.2 Å². The fourth-order valence-corrected chi connectivity index (χ4v) is 4.82. The maximum absolute atomic E-state index is 13.0. The van der Waals surface area contributed by atoms with E-state index in [-0.39, 0.29) is 17.4 Å². The molecule has 1 saturated carbocycles. The van der Waals surface area contributed by atoms with E-state index < -0.39 is 0 Å². The van der Waals surface area contributed by atoms with Crippen LogP contribution in [0, 0.1) is 6.92 Å². The van der Waals surface area contributed by atoms with E-state index in [0.29, 0.717) is 0 Å². The van der Waals surface area contributed by atoms with Crippen LogP contribution >= 0.6 is 15.9 Å². The van der Waals surface area contributed by atoms with Crippen LogP contribution in [-0.4, -0.2) is 49.6 Å². The number of piperazine rings is 1. The lowest BCUT2D eigenvalue weighted by molar-refractivity contribution is -0.124. The summed E-state index contributed by atoms with van der Waals surface area (Å²) in [6, 6.07) is 17.2. The molecule has 0 spiro atoms. The van der Waals surface area contributed by atoms with Gasteiger partial charge in [-0.25, -0.2) is 0 Å². The Balaban J connectivity index is 1.23. The largest absolute Gasteiger partial charge is 0.369 e. The first-order valence-corrected chi connectivity index (χ1v) is 11.9. The molecule has 4 nitrogen and oxygen atoms in total. The predicted octanol–water partition coefficient (Wildman–Crippen LogP) is 4.51. The summed E-state index contributed by atoms with van der Waals surface area (Å²) in [6.45, 7) is 9.61. The fraction of sp³-hybridized carbons (Fsp3) is 0.480. The second kappa shape index (κ2) is 9.11. The van der Waals surface area contributed by atoms with E-state index in [4.69, 9.17) is 0 Å². The van der Waals surface area contributed by atoms with E-state index >= 15 is 0 Å². The van der Waals surface area contributed by atoms with E-state index in [0.717, 1.165) is 62.0 Å². The summed E-state index contributed by atoms with van der Waals surface area (Å²) >= 11 is 3.53. The second-order valence-electron chi connectivity index (χ2n) is 8.92. The third kappa shape index (κ3) is 4.89. The molecule has 5 heteroatoms. The molecule has 160 valence electrons. The number of carbonyl (C=O) groups is 1. The van der Waals surface area contributed by atoms with Gasteiger partial charge in [0.15, 0.2) is 0 Å². The summed E-state index contributed by atoms with van der Waals surface area (Å²) in [5.41, 5.74) is 3.47. The van der Waals surface area contributed by atoms with Crippen molar-refractivity contribution in [1.82, 2.24) is 10.2 Å². The van der Waals surface area contributed by atoms with Crippen molar-refractivity contribution in [1.29, 1.82) is 0 Å². The molecule has 2 aliphatic rings. The minimum Gasteiger partial charge on any atom is -0.369 e. The molecular weight excluding hydrogens is 438 g/mol. The minimum atomic E-state index is -0.308. The van der Waals surface area contributed by atoms with Crippen molar-refractivity contribution in [2.75, 3.05) is 37.6 Å². The average Bonchev–Trinajstić information content (AvgIpc) is 3.55. The van der Waals surface area contributed by atoms with E-state index in [1.54, 1.807) is 0 Å². The fourth-order valence-electron chi connectivity index (χ4n) is 4.42. The molecule has 1 aliphatic carbocycles. The van der Waals surface area contributed by atoms with Crippen molar-refractivity contribution in [3.05, 3.63) is 64.1 Å². The minimum absolute atomic E-state index is 0.192. The summed E-state index contributed by atoms with van der Waals surface area (Å²) in [4.78, 5) is 18.0. The zero-order chi connectivity index (χ0) is 21.1. The highest BCUT2D eigenvalue weighted by molar-refractivity contribution is 9.10. The third-order valence-corrected chi connectivity index (χ3v) is 7.05. The Morgan fingerprint density at radius 3 is 2.50 bits per heavy atom. The molecule has 1 atom stereocenters. The van der Waals surface area contributed by atoms with Crippen molar-refractivity contribution < 1.29 is 4.79 Å². The van der Waals surface area contributed by atoms with Crippen molar-refractivity contribution in [3.8, 4) is 0 Å². The van der Waals surface area contributed by atoms with E-state index in [1.807, 2.05) is 12.1 Å². The summed E-state index contributed by atoms with van der Waals surface area (Å²) in [5, 5.41) is 3.29. The van der Waals surface area contributed by atoms with Crippen molar-refractivity contribution in [2.24, 2.45) is 0 Å². The quantitative estimate of drug-likeness (QED) is 0.647. The number of halogens is 1. The number of carbonyl (C=O) groups excluding carboxylic acids is 1. The van der Waals surface area contributed by atoms with Gasteiger partial charge in [0.25, 0.3) is 0 Å². The molecule has 2 fully saturated rings. The Labute approximate surface area is 188 Å². The highest BCUT2D eigenvalue weighted by Crippen LogP contribution is 2.49. The first-order chi connectivity index (χ1) is 14.5. The molecule has 2 aromatic rings. The van der Waals surface area contributed by atoms with Gasteiger partial charge in [0.05, 0.1) is 5.41 Å². The van der Waals surface area contributed by atoms with Gasteiger partial charge in [0.2, 0.25) is 5.91 Å². The number of nitrogens with zero attached hydrogens (tertiary/aromatic N) is 2. The van der Waals surface area contributed by atoms with Gasteiger partial charge in [0.1, 0.15) is 0 Å². The molecule has 1 N–H and O–H groups in total. The first kappa shape index (κ1) is 21.4. The second-order valence-corrected chi connectivity index (χ2v) is 9.84. The molecule has 1 amide bonds. The van der Waals surface area contributed by atoms with Crippen LogP contribution in [0.25, 0.3) is 0 Å². The highest BCUT2D eigenvalue weighted by Gasteiger charge is 2.51. The molecule has 4 rings (SSSR count). The van der Waals surface area contributed by atoms with E-state index in [9.17, 15) is 4.79 Å². The van der Waals surface area contributed by atoms with E-state index in [1.165, 1.54) is 11.3 Å². The van der Waals surface area contributed by atoms with Gasteiger partial charge in [-0.2, -0.15) is 0 Å². The third-order valence-electron chi connectivity index (χ3n) is 6.56. The Bertz CT molecular complexity index is 887. The number of rotatable bonds is 7. The number of amides is 1. The van der Waals surface area contributed by atoms with Crippen LogP contribution in [0.2, 0.25) is 0 Å². The lowest BCUT2D eigenvalue weighted by Crippen LogP contribution is -2.48. The average molecular weight is 470 g/mol. The van der Waals surface area contributed by atoms with Gasteiger partial charge in [-0.05, 0) is 68.5 Å². The standard InChI is InChI=1S/C25H32BrN3O/c1-19-5-3-8-23(17-19)29-15-13-28(14-16-29)12-9-20(2)27-24(30)25(10-11-25)21-6-4-7-22(26)18-21/h3-8,17-18,20H,9-16H2,1-2H3,(H,27,30). The van der Waals surface area contributed by atoms with Gasteiger partial charge < -0.3 is 10.2 Å². The molecule has 1 aliphatic heterocycles. The topological polar surface area (TPSA) is 35.6 Å². The van der Waals surface area contributed by atoms with Crippen molar-refractivity contribution in [2.45, 2.75) is 44.6 Å². The Morgan fingerprint density at radius 2 is 1.83 bits per heavy atom. The smallest absolute Gasteiger partial charge is 0.230 e. The van der Waals surface area contributed by atoms with Crippen LogP contribution in [0.3, 0.4) is 0 Å². The molecule has 1 saturated heterocycles. The molecule has 1 heterocycles. The van der Waals surface area contributed by atoms with Crippen LogP contribution in [0.1, 0.15) is 37.3 Å². The molecule has 0 aromatic heterocycles. The van der Waals surface area contributed by atoms with Gasteiger partial charge in [0, 0.05) is 48.9 Å². The highest BCUT2D eigenvalue weighted by atomic mass is 79.9. The number of nitrogens with one attached hydrogen (secondary N) is 1. The van der Waals surface area contributed by atoms with Crippen molar-refractivity contribution >= 4 is 27.5 Å². The van der Waals surface area contributed by atoms with Gasteiger partial charge in [-0.1, -0.05) is 40.2 Å². The zero-order valence-corrected chi connectivity index (χ0v) is 19.6. The molecule has 2 aromatic carbocycles. The van der Waals surface area contributed by atoms with Gasteiger partial charge >= 0.3 is 0 Å². The molecular formula is C25H32BrN3O. The van der Waals surface area contributed by atoms with Crippen LogP contribution in [0.4, 0.5) is 5.69 Å². The summed E-state index contributed by atoms with van der Waals surface area (Å²) in [6.07, 6.45) is 2.89. The Kier molecular flexibility index (Phi) is 6.49. The van der Waals surface area contributed by atoms with Crippen LogP contribution in [-0.2, 0) is 10.2 Å². The molecule has 0 bridgehead atoms. The van der Waals surface area contributed by atoms with Crippen LogP contribution in [0.5, 0.6) is 0 Å². The summed E-state index contributed by atoms with van der Waals surface area (Å²) < 4.78 is 1.04. The zero-order valence-electron chi connectivity index (χ0n) is 18.0.